The Bertz CT molecular complexity index is 921. The Morgan fingerprint density at radius 2 is 1.90 bits per heavy atom. The third-order valence-electron chi connectivity index (χ3n) is 5.28. The summed E-state index contributed by atoms with van der Waals surface area (Å²) in [6.45, 7) is 4.55. The number of aromatic nitrogens is 3. The number of nitrogens with zero attached hydrogens (tertiary/aromatic N) is 4. The second-order valence-electron chi connectivity index (χ2n) is 7.59. The van der Waals surface area contributed by atoms with Gasteiger partial charge in [-0.2, -0.15) is 18.2 Å². The van der Waals surface area contributed by atoms with Gasteiger partial charge in [0.15, 0.2) is 0 Å². The summed E-state index contributed by atoms with van der Waals surface area (Å²) in [5, 5.41) is 0. The molecule has 11 heteroatoms. The number of rotatable bonds is 4. The van der Waals surface area contributed by atoms with Crippen molar-refractivity contribution in [2.75, 3.05) is 43.6 Å². The van der Waals surface area contributed by atoms with Crippen LogP contribution in [-0.2, 0) is 15.7 Å². The van der Waals surface area contributed by atoms with E-state index in [9.17, 15) is 13.2 Å². The van der Waals surface area contributed by atoms with E-state index in [4.69, 9.17) is 19.9 Å². The van der Waals surface area contributed by atoms with Gasteiger partial charge in [-0.25, -0.2) is 9.97 Å². The molecule has 2 fully saturated rings. The Labute approximate surface area is 177 Å². The van der Waals surface area contributed by atoms with E-state index in [1.807, 2.05) is 11.8 Å². The van der Waals surface area contributed by atoms with E-state index in [2.05, 4.69) is 15.0 Å². The first-order valence-electron chi connectivity index (χ1n) is 10.1. The summed E-state index contributed by atoms with van der Waals surface area (Å²) in [5.41, 5.74) is 4.51. The molecule has 0 aromatic carbocycles. The summed E-state index contributed by atoms with van der Waals surface area (Å²) in [6.07, 6.45) is -2.30. The van der Waals surface area contributed by atoms with Gasteiger partial charge in [-0.05, 0) is 13.0 Å². The lowest BCUT2D eigenvalue weighted by molar-refractivity contribution is -0.137. The van der Waals surface area contributed by atoms with E-state index < -0.39 is 11.7 Å². The normalized spacial score (nSPS) is 20.6. The highest BCUT2D eigenvalue weighted by molar-refractivity contribution is 5.67. The van der Waals surface area contributed by atoms with Gasteiger partial charge in [-0.15, -0.1) is 0 Å². The molecule has 168 valence electrons. The molecule has 2 aliphatic heterocycles. The molecule has 4 rings (SSSR count). The van der Waals surface area contributed by atoms with Crippen molar-refractivity contribution in [1.82, 2.24) is 15.0 Å². The molecule has 0 radical (unpaired) electrons. The average molecular weight is 439 g/mol. The van der Waals surface area contributed by atoms with E-state index in [0.29, 0.717) is 51.8 Å². The molecule has 4 heterocycles. The molecule has 0 amide bonds. The SMILES string of the molecule is CC1COCCN1c1nc(OC2CCOCC2)cc(-c2cnc(N)cc2C(F)(F)F)n1. The molecule has 0 spiro atoms. The highest BCUT2D eigenvalue weighted by atomic mass is 19.4. The third kappa shape index (κ3) is 4.99. The quantitative estimate of drug-likeness (QED) is 0.777. The van der Waals surface area contributed by atoms with Crippen molar-refractivity contribution in [2.45, 2.75) is 38.1 Å². The molecule has 0 saturated carbocycles. The summed E-state index contributed by atoms with van der Waals surface area (Å²) < 4.78 is 57.9. The van der Waals surface area contributed by atoms with E-state index in [1.165, 1.54) is 6.07 Å². The Hall–Kier alpha value is -2.66. The second-order valence-corrected chi connectivity index (χ2v) is 7.59. The van der Waals surface area contributed by atoms with Crippen LogP contribution in [0.3, 0.4) is 0 Å². The van der Waals surface area contributed by atoms with E-state index in [1.54, 1.807) is 0 Å². The van der Waals surface area contributed by atoms with Crippen molar-refractivity contribution in [3.8, 4) is 17.1 Å². The highest BCUT2D eigenvalue weighted by Gasteiger charge is 2.35. The van der Waals surface area contributed by atoms with Crippen LogP contribution in [-0.4, -0.2) is 60.1 Å². The van der Waals surface area contributed by atoms with Crippen LogP contribution in [0.4, 0.5) is 24.9 Å². The van der Waals surface area contributed by atoms with E-state index >= 15 is 0 Å². The zero-order valence-electron chi connectivity index (χ0n) is 17.1. The van der Waals surface area contributed by atoms with Gasteiger partial charge in [0.05, 0.1) is 43.7 Å². The fraction of sp³-hybridized carbons (Fsp3) is 0.550. The van der Waals surface area contributed by atoms with Crippen LogP contribution in [0.5, 0.6) is 5.88 Å². The molecule has 8 nitrogen and oxygen atoms in total. The Kier molecular flexibility index (Phi) is 6.15. The first kappa shape index (κ1) is 21.6. The smallest absolute Gasteiger partial charge is 0.417 e. The minimum absolute atomic E-state index is 0.0356. The molecule has 2 aromatic heterocycles. The number of hydrogen-bond acceptors (Lipinski definition) is 8. The molecule has 1 unspecified atom stereocenters. The maximum atomic E-state index is 13.7. The van der Waals surface area contributed by atoms with E-state index in [-0.39, 0.29) is 35.1 Å². The van der Waals surface area contributed by atoms with Gasteiger partial charge < -0.3 is 24.8 Å². The molecule has 0 bridgehead atoms. The van der Waals surface area contributed by atoms with Crippen molar-refractivity contribution >= 4 is 11.8 Å². The summed E-state index contributed by atoms with van der Waals surface area (Å²) in [4.78, 5) is 14.7. The number of pyridine rings is 1. The first-order chi connectivity index (χ1) is 14.8. The van der Waals surface area contributed by atoms with Crippen LogP contribution in [0.2, 0.25) is 0 Å². The summed E-state index contributed by atoms with van der Waals surface area (Å²) in [7, 11) is 0. The summed E-state index contributed by atoms with van der Waals surface area (Å²) in [6, 6.07) is 2.20. The molecule has 0 aliphatic carbocycles. The van der Waals surface area contributed by atoms with Crippen molar-refractivity contribution < 1.29 is 27.4 Å². The monoisotopic (exact) mass is 439 g/mol. The van der Waals surface area contributed by atoms with Crippen LogP contribution < -0.4 is 15.4 Å². The minimum atomic E-state index is -4.62. The second kappa shape index (κ2) is 8.83. The predicted molar refractivity (Wildman–Crippen MR) is 107 cm³/mol. The molecule has 2 aromatic rings. The van der Waals surface area contributed by atoms with Gasteiger partial charge in [0.25, 0.3) is 0 Å². The number of nitrogens with two attached hydrogens (primary N) is 1. The third-order valence-corrected chi connectivity index (χ3v) is 5.28. The zero-order valence-corrected chi connectivity index (χ0v) is 17.1. The zero-order chi connectivity index (χ0) is 22.0. The fourth-order valence-corrected chi connectivity index (χ4v) is 3.64. The van der Waals surface area contributed by atoms with Crippen LogP contribution in [0, 0.1) is 0 Å². The van der Waals surface area contributed by atoms with Gasteiger partial charge in [-0.3, -0.25) is 0 Å². The van der Waals surface area contributed by atoms with Crippen molar-refractivity contribution in [2.24, 2.45) is 0 Å². The number of halogens is 3. The fourth-order valence-electron chi connectivity index (χ4n) is 3.64. The lowest BCUT2D eigenvalue weighted by Crippen LogP contribution is -2.44. The Balaban J connectivity index is 1.78. The number of morpholine rings is 1. The first-order valence-corrected chi connectivity index (χ1v) is 10.1. The Morgan fingerprint density at radius 1 is 1.13 bits per heavy atom. The maximum absolute atomic E-state index is 13.7. The predicted octanol–water partition coefficient (Wildman–Crippen LogP) is 2.92. The molecular weight excluding hydrogens is 415 g/mol. The lowest BCUT2D eigenvalue weighted by Gasteiger charge is -2.33. The van der Waals surface area contributed by atoms with Gasteiger partial charge in [0.1, 0.15) is 11.9 Å². The summed E-state index contributed by atoms with van der Waals surface area (Å²) >= 11 is 0. The molecule has 2 aliphatic rings. The summed E-state index contributed by atoms with van der Waals surface area (Å²) in [5.74, 6) is 0.293. The largest absolute Gasteiger partial charge is 0.474 e. The van der Waals surface area contributed by atoms with Crippen LogP contribution in [0.15, 0.2) is 18.3 Å². The van der Waals surface area contributed by atoms with Crippen LogP contribution in [0.1, 0.15) is 25.3 Å². The minimum Gasteiger partial charge on any atom is -0.474 e. The maximum Gasteiger partial charge on any atom is 0.417 e. The van der Waals surface area contributed by atoms with Crippen LogP contribution >= 0.6 is 0 Å². The van der Waals surface area contributed by atoms with Crippen molar-refractivity contribution in [1.29, 1.82) is 0 Å². The molecule has 1 atom stereocenters. The molecular formula is C20H24F3N5O3. The molecule has 31 heavy (non-hydrogen) atoms. The van der Waals surface area contributed by atoms with Crippen LogP contribution in [0.25, 0.3) is 11.3 Å². The van der Waals surface area contributed by atoms with Crippen molar-refractivity contribution in [3.05, 3.63) is 23.9 Å². The number of nitrogen functional groups attached to an aromatic ring is 1. The average Bonchev–Trinajstić information content (AvgIpc) is 2.74. The van der Waals surface area contributed by atoms with Crippen molar-refractivity contribution in [3.63, 3.8) is 0 Å². The van der Waals surface area contributed by atoms with Gasteiger partial charge in [0, 0.05) is 37.2 Å². The highest BCUT2D eigenvalue weighted by Crippen LogP contribution is 2.38. The standard InChI is InChI=1S/C20H24F3N5O3/c1-12-11-30-7-4-28(12)19-26-16(9-18(27-19)31-13-2-5-29-6-3-13)14-10-25-17(24)8-15(14)20(21,22)23/h8-10,12-13H,2-7,11H2,1H3,(H2,24,25). The molecule has 2 saturated heterocycles. The topological polar surface area (TPSA) is 95.6 Å². The number of anilines is 2. The molecule has 2 N–H and O–H groups in total. The van der Waals surface area contributed by atoms with E-state index in [0.717, 1.165) is 12.3 Å². The number of hydrogen-bond donors (Lipinski definition) is 1. The lowest BCUT2D eigenvalue weighted by atomic mass is 10.1. The number of alkyl halides is 3. The van der Waals surface area contributed by atoms with Gasteiger partial charge in [-0.1, -0.05) is 0 Å². The Morgan fingerprint density at radius 3 is 2.61 bits per heavy atom. The number of ether oxygens (including phenoxy) is 3. The van der Waals surface area contributed by atoms with Gasteiger partial charge >= 0.3 is 6.18 Å². The van der Waals surface area contributed by atoms with Gasteiger partial charge in [0.2, 0.25) is 11.8 Å².